The molecular formula is C57H48N4. The minimum absolute atomic E-state index is 0.678. The van der Waals surface area contributed by atoms with E-state index < -0.39 is 0 Å². The monoisotopic (exact) mass is 788 g/mol. The van der Waals surface area contributed by atoms with Crippen LogP contribution in [0.2, 0.25) is 0 Å². The summed E-state index contributed by atoms with van der Waals surface area (Å²) in [6.07, 6.45) is 7.31. The molecule has 0 unspecified atom stereocenters. The molecule has 0 spiro atoms. The second kappa shape index (κ2) is 16.6. The molecule has 4 heteroatoms. The van der Waals surface area contributed by atoms with Crippen LogP contribution in [-0.2, 0) is 0 Å². The summed E-state index contributed by atoms with van der Waals surface area (Å²) in [7, 11) is 0. The van der Waals surface area contributed by atoms with Crippen LogP contribution in [0.25, 0.3) is 96.1 Å². The number of aromatic nitrogens is 4. The Morgan fingerprint density at radius 2 is 1.02 bits per heavy atom. The van der Waals surface area contributed by atoms with Crippen LogP contribution in [0.4, 0.5) is 0 Å². The van der Waals surface area contributed by atoms with Crippen molar-refractivity contribution in [3.8, 4) is 34.0 Å². The molecule has 0 amide bonds. The molecule has 7 aromatic carbocycles. The summed E-state index contributed by atoms with van der Waals surface area (Å²) in [5, 5.41) is 10.8. The van der Waals surface area contributed by atoms with Crippen LogP contribution >= 0.6 is 0 Å². The number of rotatable bonds is 7. The van der Waals surface area contributed by atoms with Crippen LogP contribution in [-0.4, -0.2) is 19.1 Å². The number of benzene rings is 7. The van der Waals surface area contributed by atoms with E-state index in [1.165, 1.54) is 21.5 Å². The third kappa shape index (κ3) is 6.96. The third-order valence-corrected chi connectivity index (χ3v) is 11.4. The van der Waals surface area contributed by atoms with Crippen molar-refractivity contribution in [2.75, 3.05) is 0 Å². The zero-order valence-electron chi connectivity index (χ0n) is 35.2. The zero-order valence-corrected chi connectivity index (χ0v) is 35.2. The quantitative estimate of drug-likeness (QED) is 0.151. The highest BCUT2D eigenvalue weighted by molar-refractivity contribution is 6.00. The van der Waals surface area contributed by atoms with Crippen LogP contribution in [0, 0.1) is 10.7 Å². The molecule has 0 aliphatic rings. The van der Waals surface area contributed by atoms with Crippen molar-refractivity contribution in [2.45, 2.75) is 34.1 Å². The predicted molar refractivity (Wildman–Crippen MR) is 260 cm³/mol. The molecule has 0 aliphatic heterocycles. The molecule has 4 nitrogen and oxygen atoms in total. The minimum atomic E-state index is 0.678. The van der Waals surface area contributed by atoms with E-state index in [9.17, 15) is 0 Å². The lowest BCUT2D eigenvalue weighted by Crippen LogP contribution is -2.11. The van der Waals surface area contributed by atoms with Crippen molar-refractivity contribution in [2.24, 2.45) is 0 Å². The highest BCUT2D eigenvalue weighted by Gasteiger charge is 2.18. The Labute approximate surface area is 356 Å². The van der Waals surface area contributed by atoms with Crippen molar-refractivity contribution in [1.29, 1.82) is 0 Å². The second-order valence-corrected chi connectivity index (χ2v) is 15.0. The SMILES string of the molecule is C=c1/c(=c2\c(=C)c3cc4ccccc4cc3n2-c2ccc(-c3nc(C(/C=C\C)=C/CC)cc(-c4ccccc4)n3)cc2)n(-c2ccccc2)c2cc3ccccc3cc12.CC. The van der Waals surface area contributed by atoms with Crippen molar-refractivity contribution >= 4 is 62.1 Å². The van der Waals surface area contributed by atoms with Crippen LogP contribution < -0.4 is 10.4 Å². The van der Waals surface area contributed by atoms with Crippen molar-refractivity contribution in [3.05, 3.63) is 209 Å². The van der Waals surface area contributed by atoms with E-state index in [0.717, 1.165) is 88.8 Å². The first-order valence-electron chi connectivity index (χ1n) is 21.2. The Balaban J connectivity index is 0.00000235. The van der Waals surface area contributed by atoms with Gasteiger partial charge in [-0.1, -0.05) is 149 Å². The first kappa shape index (κ1) is 38.9. The standard InChI is InChI=1S/C55H42N4.C2H6/c1-5-17-38(18-6-2)49-35-50(39-19-9-7-10-20-39)57-55(56-49)40-27-29-46(30-28-40)59-52-34-44-24-16-14-22-42(44)32-48(52)37(4)54(59)53-36(3)47-31-41-21-13-15-23-43(41)33-51(47)58(53)45-25-11-8-12-26-45;1-2/h5,7-35H,3-4,6H2,1-2H3;1-2H3/b17-5-,38-18+,54-53-;. The largest absolute Gasteiger partial charge is 0.307 e. The molecule has 3 aromatic heterocycles. The van der Waals surface area contributed by atoms with E-state index in [-0.39, 0.29) is 0 Å². The summed E-state index contributed by atoms with van der Waals surface area (Å²) in [4.78, 5) is 10.3. The molecule has 0 saturated carbocycles. The van der Waals surface area contributed by atoms with Gasteiger partial charge in [-0.25, -0.2) is 9.97 Å². The number of hydrogen-bond acceptors (Lipinski definition) is 2. The minimum Gasteiger partial charge on any atom is -0.307 e. The Kier molecular flexibility index (Phi) is 10.6. The van der Waals surface area contributed by atoms with Crippen molar-refractivity contribution in [1.82, 2.24) is 19.1 Å². The maximum Gasteiger partial charge on any atom is 0.160 e. The van der Waals surface area contributed by atoms with Gasteiger partial charge in [0, 0.05) is 43.7 Å². The van der Waals surface area contributed by atoms with Gasteiger partial charge in [-0.05, 0) is 107 Å². The van der Waals surface area contributed by atoms with Crippen LogP contribution in [0.3, 0.4) is 0 Å². The van der Waals surface area contributed by atoms with Crippen LogP contribution in [0.1, 0.15) is 39.8 Å². The summed E-state index contributed by atoms with van der Waals surface area (Å²) in [6.45, 7) is 17.9. The summed E-state index contributed by atoms with van der Waals surface area (Å²) in [6, 6.07) is 58.0. The van der Waals surface area contributed by atoms with Gasteiger partial charge in [-0.2, -0.15) is 0 Å². The van der Waals surface area contributed by atoms with E-state index in [2.05, 4.69) is 192 Å². The van der Waals surface area contributed by atoms with E-state index >= 15 is 0 Å². The fourth-order valence-corrected chi connectivity index (χ4v) is 8.59. The van der Waals surface area contributed by atoms with Gasteiger partial charge in [0.15, 0.2) is 5.82 Å². The summed E-state index contributed by atoms with van der Waals surface area (Å²) in [5.74, 6) is 0.678. The van der Waals surface area contributed by atoms with Gasteiger partial charge in [0.05, 0.1) is 33.1 Å². The molecule has 10 rings (SSSR count). The first-order valence-corrected chi connectivity index (χ1v) is 21.2. The van der Waals surface area contributed by atoms with Gasteiger partial charge in [-0.15, -0.1) is 0 Å². The van der Waals surface area contributed by atoms with Gasteiger partial charge >= 0.3 is 0 Å². The van der Waals surface area contributed by atoms with Crippen LogP contribution in [0.5, 0.6) is 0 Å². The summed E-state index contributed by atoms with van der Waals surface area (Å²) >= 11 is 0. The van der Waals surface area contributed by atoms with E-state index in [0.29, 0.717) is 5.82 Å². The maximum absolute atomic E-state index is 5.17. The highest BCUT2D eigenvalue weighted by atomic mass is 15.0. The maximum atomic E-state index is 5.17. The molecule has 0 N–H and O–H groups in total. The molecule has 3 heterocycles. The molecule has 0 saturated heterocycles. The Hall–Kier alpha value is -7.56. The van der Waals surface area contributed by atoms with Crippen molar-refractivity contribution in [3.63, 3.8) is 0 Å². The van der Waals surface area contributed by atoms with E-state index in [1.54, 1.807) is 0 Å². The number of para-hydroxylation sites is 1. The topological polar surface area (TPSA) is 35.6 Å². The predicted octanol–water partition coefficient (Wildman–Crippen LogP) is 13.5. The molecule has 0 atom stereocenters. The number of nitrogens with zero attached hydrogens (tertiary/aromatic N) is 4. The van der Waals surface area contributed by atoms with Gasteiger partial charge < -0.3 is 9.13 Å². The summed E-state index contributed by atoms with van der Waals surface area (Å²) in [5.41, 5.74) is 9.11. The molecule has 61 heavy (non-hydrogen) atoms. The molecule has 10 aromatic rings. The average molecular weight is 789 g/mol. The second-order valence-electron chi connectivity index (χ2n) is 15.0. The fourth-order valence-electron chi connectivity index (χ4n) is 8.59. The lowest BCUT2D eigenvalue weighted by molar-refractivity contribution is 0.989. The molecule has 0 fully saturated rings. The number of fused-ring (bicyclic) bond motifs is 4. The number of hydrogen-bond donors (Lipinski definition) is 0. The molecular weight excluding hydrogens is 741 g/mol. The lowest BCUT2D eigenvalue weighted by atomic mass is 10.1. The van der Waals surface area contributed by atoms with Crippen LogP contribution in [0.15, 0.2) is 182 Å². The Bertz CT molecular complexity index is 3500. The van der Waals surface area contributed by atoms with E-state index in [1.807, 2.05) is 26.8 Å². The average Bonchev–Trinajstić information content (AvgIpc) is 3.76. The lowest BCUT2D eigenvalue weighted by Gasteiger charge is -2.12. The molecule has 0 bridgehead atoms. The first-order chi connectivity index (χ1) is 30.0. The van der Waals surface area contributed by atoms with Gasteiger partial charge in [0.1, 0.15) is 0 Å². The third-order valence-electron chi connectivity index (χ3n) is 11.4. The summed E-state index contributed by atoms with van der Waals surface area (Å²) < 4.78 is 4.74. The molecule has 0 radical (unpaired) electrons. The Morgan fingerprint density at radius 1 is 0.541 bits per heavy atom. The van der Waals surface area contributed by atoms with Gasteiger partial charge in [0.25, 0.3) is 0 Å². The zero-order chi connectivity index (χ0) is 42.0. The normalized spacial score (nSPS) is 12.4. The number of allylic oxidation sites excluding steroid dienone is 4. The van der Waals surface area contributed by atoms with Crippen molar-refractivity contribution < 1.29 is 0 Å². The molecule has 296 valence electrons. The fraction of sp³-hybridized carbons (Fsp3) is 0.0877. The smallest absolute Gasteiger partial charge is 0.160 e. The molecule has 0 aliphatic carbocycles. The highest BCUT2D eigenvalue weighted by Crippen LogP contribution is 2.31. The van der Waals surface area contributed by atoms with Gasteiger partial charge in [-0.3, -0.25) is 0 Å². The van der Waals surface area contributed by atoms with E-state index in [4.69, 9.17) is 23.1 Å². The Morgan fingerprint density at radius 3 is 1.52 bits per heavy atom. The van der Waals surface area contributed by atoms with Gasteiger partial charge in [0.2, 0.25) is 0 Å².